The fourth-order valence-corrected chi connectivity index (χ4v) is 3.12. The molecule has 138 valence electrons. The minimum atomic E-state index is -0.0786. The second kappa shape index (κ2) is 8.34. The average molecular weight is 353 g/mol. The molecule has 3 rings (SSSR count). The van der Waals surface area contributed by atoms with E-state index < -0.39 is 0 Å². The molecule has 0 unspecified atom stereocenters. The molecule has 2 aromatic carbocycles. The standard InChI is InChI=1S/C21H27N3O2/c1-15-7-8-19(20(13-15)26-12-11-24(2)3)23-21(25)18-6-4-5-16-14-22-10-9-17(16)18/h4-8,13,22H,9-12,14H2,1-3H3,(H,23,25). The average Bonchev–Trinajstić information content (AvgIpc) is 2.63. The van der Waals surface area contributed by atoms with Gasteiger partial charge in [-0.25, -0.2) is 0 Å². The van der Waals surface area contributed by atoms with E-state index in [1.807, 2.05) is 51.4 Å². The summed E-state index contributed by atoms with van der Waals surface area (Å²) in [5.74, 6) is 0.636. The summed E-state index contributed by atoms with van der Waals surface area (Å²) >= 11 is 0. The second-order valence-electron chi connectivity index (χ2n) is 6.98. The highest BCUT2D eigenvalue weighted by Crippen LogP contribution is 2.27. The zero-order valence-electron chi connectivity index (χ0n) is 15.8. The van der Waals surface area contributed by atoms with E-state index in [0.717, 1.165) is 42.7 Å². The van der Waals surface area contributed by atoms with Gasteiger partial charge >= 0.3 is 0 Å². The number of rotatable bonds is 6. The van der Waals surface area contributed by atoms with Crippen LogP contribution in [-0.2, 0) is 13.0 Å². The van der Waals surface area contributed by atoms with Crippen molar-refractivity contribution in [3.63, 3.8) is 0 Å². The van der Waals surface area contributed by atoms with Gasteiger partial charge in [0.25, 0.3) is 5.91 Å². The molecule has 0 bridgehead atoms. The quantitative estimate of drug-likeness (QED) is 0.838. The number of nitrogens with zero attached hydrogens (tertiary/aromatic N) is 1. The van der Waals surface area contributed by atoms with Gasteiger partial charge in [-0.15, -0.1) is 0 Å². The maximum absolute atomic E-state index is 12.9. The molecule has 0 saturated carbocycles. The van der Waals surface area contributed by atoms with Crippen molar-refractivity contribution in [1.82, 2.24) is 10.2 Å². The molecule has 1 aliphatic rings. The maximum atomic E-state index is 12.9. The van der Waals surface area contributed by atoms with E-state index in [1.165, 1.54) is 5.56 Å². The van der Waals surface area contributed by atoms with E-state index in [1.54, 1.807) is 0 Å². The molecule has 5 nitrogen and oxygen atoms in total. The lowest BCUT2D eigenvalue weighted by atomic mass is 9.95. The monoisotopic (exact) mass is 353 g/mol. The Hall–Kier alpha value is -2.37. The normalized spacial score (nSPS) is 13.4. The van der Waals surface area contributed by atoms with Crippen LogP contribution in [0.3, 0.4) is 0 Å². The Morgan fingerprint density at radius 1 is 1.27 bits per heavy atom. The second-order valence-corrected chi connectivity index (χ2v) is 6.98. The van der Waals surface area contributed by atoms with Crippen molar-refractivity contribution in [2.45, 2.75) is 19.9 Å². The summed E-state index contributed by atoms with van der Waals surface area (Å²) in [4.78, 5) is 15.0. The number of carbonyl (C=O) groups excluding carboxylic acids is 1. The van der Waals surface area contributed by atoms with E-state index in [-0.39, 0.29) is 5.91 Å². The first kappa shape index (κ1) is 18.4. The van der Waals surface area contributed by atoms with Crippen LogP contribution in [0.15, 0.2) is 36.4 Å². The Balaban J connectivity index is 1.79. The van der Waals surface area contributed by atoms with Crippen LogP contribution in [-0.4, -0.2) is 44.6 Å². The molecular weight excluding hydrogens is 326 g/mol. The molecule has 0 aliphatic carbocycles. The Kier molecular flexibility index (Phi) is 5.91. The number of benzene rings is 2. The van der Waals surface area contributed by atoms with Gasteiger partial charge in [0.05, 0.1) is 5.69 Å². The van der Waals surface area contributed by atoms with Gasteiger partial charge in [-0.05, 0) is 68.9 Å². The van der Waals surface area contributed by atoms with Gasteiger partial charge < -0.3 is 20.3 Å². The SMILES string of the molecule is Cc1ccc(NC(=O)c2cccc3c2CCNC3)c(OCCN(C)C)c1. The first-order valence-corrected chi connectivity index (χ1v) is 9.05. The Morgan fingerprint density at radius 3 is 2.92 bits per heavy atom. The lowest BCUT2D eigenvalue weighted by Gasteiger charge is -2.20. The molecule has 0 atom stereocenters. The van der Waals surface area contributed by atoms with E-state index in [2.05, 4.69) is 21.6 Å². The highest BCUT2D eigenvalue weighted by Gasteiger charge is 2.18. The third-order valence-corrected chi connectivity index (χ3v) is 4.57. The molecule has 2 aromatic rings. The van der Waals surface area contributed by atoms with E-state index in [9.17, 15) is 4.79 Å². The summed E-state index contributed by atoms with van der Waals surface area (Å²) in [6, 6.07) is 11.8. The van der Waals surface area contributed by atoms with Gasteiger partial charge in [0.2, 0.25) is 0 Å². The van der Waals surface area contributed by atoms with Crippen molar-refractivity contribution in [1.29, 1.82) is 0 Å². The number of hydrogen-bond acceptors (Lipinski definition) is 4. The van der Waals surface area contributed by atoms with E-state index >= 15 is 0 Å². The molecule has 5 heteroatoms. The van der Waals surface area contributed by atoms with Crippen LogP contribution in [0.1, 0.15) is 27.0 Å². The lowest BCUT2D eigenvalue weighted by molar-refractivity contribution is 0.102. The number of amides is 1. The molecule has 1 heterocycles. The van der Waals surface area contributed by atoms with Crippen LogP contribution in [0.4, 0.5) is 5.69 Å². The first-order chi connectivity index (χ1) is 12.5. The number of hydrogen-bond donors (Lipinski definition) is 2. The highest BCUT2D eigenvalue weighted by atomic mass is 16.5. The summed E-state index contributed by atoms with van der Waals surface area (Å²) in [5.41, 5.74) is 4.92. The zero-order valence-corrected chi connectivity index (χ0v) is 15.8. The molecule has 0 fully saturated rings. The van der Waals surface area contributed by atoms with Gasteiger partial charge in [0.1, 0.15) is 12.4 Å². The number of anilines is 1. The summed E-state index contributed by atoms with van der Waals surface area (Å²) in [5, 5.41) is 6.39. The number of nitrogens with one attached hydrogen (secondary N) is 2. The van der Waals surface area contributed by atoms with Crippen molar-refractivity contribution < 1.29 is 9.53 Å². The van der Waals surface area contributed by atoms with Crippen LogP contribution in [0.25, 0.3) is 0 Å². The first-order valence-electron chi connectivity index (χ1n) is 9.05. The van der Waals surface area contributed by atoms with Gasteiger partial charge in [-0.1, -0.05) is 18.2 Å². The van der Waals surface area contributed by atoms with Crippen LogP contribution >= 0.6 is 0 Å². The molecule has 0 spiro atoms. The predicted molar refractivity (Wildman–Crippen MR) is 105 cm³/mol. The molecule has 0 aromatic heterocycles. The summed E-state index contributed by atoms with van der Waals surface area (Å²) < 4.78 is 5.91. The minimum Gasteiger partial charge on any atom is -0.490 e. The number of aryl methyl sites for hydroxylation is 1. The molecular formula is C21H27N3O2. The third kappa shape index (κ3) is 4.42. The number of fused-ring (bicyclic) bond motifs is 1. The highest BCUT2D eigenvalue weighted by molar-refractivity contribution is 6.06. The Labute approximate surface area is 155 Å². The lowest BCUT2D eigenvalue weighted by Crippen LogP contribution is -2.26. The molecule has 0 saturated heterocycles. The molecule has 26 heavy (non-hydrogen) atoms. The van der Waals surface area contributed by atoms with Crippen molar-refractivity contribution in [2.75, 3.05) is 39.1 Å². The predicted octanol–water partition coefficient (Wildman–Crippen LogP) is 2.83. The van der Waals surface area contributed by atoms with E-state index in [4.69, 9.17) is 4.74 Å². The summed E-state index contributed by atoms with van der Waals surface area (Å²) in [6.07, 6.45) is 0.874. The molecule has 2 N–H and O–H groups in total. The number of ether oxygens (including phenoxy) is 1. The van der Waals surface area contributed by atoms with Gasteiger partial charge in [-0.2, -0.15) is 0 Å². The Morgan fingerprint density at radius 2 is 2.12 bits per heavy atom. The Bertz CT molecular complexity index is 787. The fourth-order valence-electron chi connectivity index (χ4n) is 3.12. The van der Waals surface area contributed by atoms with Crippen LogP contribution in [0.5, 0.6) is 5.75 Å². The largest absolute Gasteiger partial charge is 0.490 e. The van der Waals surface area contributed by atoms with Crippen LogP contribution in [0, 0.1) is 6.92 Å². The topological polar surface area (TPSA) is 53.6 Å². The van der Waals surface area contributed by atoms with Crippen molar-refractivity contribution in [2.24, 2.45) is 0 Å². The van der Waals surface area contributed by atoms with Crippen molar-refractivity contribution in [3.8, 4) is 5.75 Å². The third-order valence-electron chi connectivity index (χ3n) is 4.57. The minimum absolute atomic E-state index is 0.0786. The van der Waals surface area contributed by atoms with E-state index in [0.29, 0.717) is 18.0 Å². The number of likely N-dealkylation sites (N-methyl/N-ethyl adjacent to an activating group) is 1. The van der Waals surface area contributed by atoms with Gasteiger partial charge in [-0.3, -0.25) is 4.79 Å². The zero-order chi connectivity index (χ0) is 18.5. The summed E-state index contributed by atoms with van der Waals surface area (Å²) in [6.45, 7) is 5.14. The summed E-state index contributed by atoms with van der Waals surface area (Å²) in [7, 11) is 4.02. The molecule has 1 aliphatic heterocycles. The van der Waals surface area contributed by atoms with Gasteiger partial charge in [0.15, 0.2) is 0 Å². The maximum Gasteiger partial charge on any atom is 0.256 e. The van der Waals surface area contributed by atoms with Crippen molar-refractivity contribution >= 4 is 11.6 Å². The molecule has 1 amide bonds. The smallest absolute Gasteiger partial charge is 0.256 e. The molecule has 0 radical (unpaired) electrons. The van der Waals surface area contributed by atoms with Crippen molar-refractivity contribution in [3.05, 3.63) is 58.7 Å². The van der Waals surface area contributed by atoms with Gasteiger partial charge in [0, 0.05) is 18.7 Å². The number of carbonyl (C=O) groups is 1. The van der Waals surface area contributed by atoms with Crippen LogP contribution < -0.4 is 15.4 Å². The fraction of sp³-hybridized carbons (Fsp3) is 0.381. The van der Waals surface area contributed by atoms with Crippen LogP contribution in [0.2, 0.25) is 0 Å².